The Kier molecular flexibility index (Phi) is 5.63. The van der Waals surface area contributed by atoms with Gasteiger partial charge in [0, 0.05) is 47.7 Å². The Bertz CT molecular complexity index is 1570. The van der Waals surface area contributed by atoms with Crippen LogP contribution in [0.5, 0.6) is 0 Å². The normalized spacial score (nSPS) is 15.0. The van der Waals surface area contributed by atoms with Crippen LogP contribution < -0.4 is 0 Å². The molecule has 6 heteroatoms. The lowest BCUT2D eigenvalue weighted by atomic mass is 9.92. The van der Waals surface area contributed by atoms with Crippen LogP contribution in [0.25, 0.3) is 16.6 Å². The maximum Gasteiger partial charge on any atom is 0.335 e. The molecule has 0 aliphatic carbocycles. The molecule has 6 rings (SSSR count). The van der Waals surface area contributed by atoms with Gasteiger partial charge in [-0.3, -0.25) is 4.99 Å². The maximum atomic E-state index is 13.8. The number of ether oxygens (including phenoxy) is 1. The Morgan fingerprint density at radius 2 is 1.78 bits per heavy atom. The Labute approximate surface area is 207 Å². The van der Waals surface area contributed by atoms with Gasteiger partial charge < -0.3 is 14.4 Å². The van der Waals surface area contributed by atoms with E-state index in [2.05, 4.69) is 33.5 Å². The summed E-state index contributed by atoms with van der Waals surface area (Å²) in [6.07, 6.45) is 3.65. The second-order valence-electron chi connectivity index (χ2n) is 9.13. The van der Waals surface area contributed by atoms with Gasteiger partial charge in [0.2, 0.25) is 0 Å². The predicted molar refractivity (Wildman–Crippen MR) is 137 cm³/mol. The van der Waals surface area contributed by atoms with Crippen LogP contribution in [-0.2, 0) is 11.3 Å². The number of aliphatic imine (C=N–C) groups is 1. The average molecular weight is 479 g/mol. The first-order valence-corrected chi connectivity index (χ1v) is 12.0. The quantitative estimate of drug-likeness (QED) is 0.385. The summed E-state index contributed by atoms with van der Waals surface area (Å²) in [6, 6.07) is 17.5. The molecule has 0 atom stereocenters. The second kappa shape index (κ2) is 9.10. The van der Waals surface area contributed by atoms with Gasteiger partial charge in [-0.1, -0.05) is 11.8 Å². The summed E-state index contributed by atoms with van der Waals surface area (Å²) in [5.41, 5.74) is 7.17. The van der Waals surface area contributed by atoms with Crippen molar-refractivity contribution < 1.29 is 19.0 Å². The Morgan fingerprint density at radius 3 is 2.50 bits per heavy atom. The first kappa shape index (κ1) is 22.3. The topological polar surface area (TPSA) is 63.8 Å². The minimum absolute atomic E-state index is 0.229. The van der Waals surface area contributed by atoms with Crippen molar-refractivity contribution >= 4 is 23.1 Å². The molecule has 0 radical (unpaired) electrons. The van der Waals surface area contributed by atoms with Gasteiger partial charge in [0.15, 0.2) is 0 Å². The molecular weight excluding hydrogens is 455 g/mol. The summed E-state index contributed by atoms with van der Waals surface area (Å²) in [5.74, 6) is 5.69. The molecule has 3 heterocycles. The minimum atomic E-state index is -0.963. The molecule has 0 spiro atoms. The zero-order valence-electron chi connectivity index (χ0n) is 19.5. The molecule has 1 aromatic heterocycles. The van der Waals surface area contributed by atoms with Crippen LogP contribution in [0.2, 0.25) is 0 Å². The first-order chi connectivity index (χ1) is 17.6. The van der Waals surface area contributed by atoms with Crippen LogP contribution >= 0.6 is 0 Å². The van der Waals surface area contributed by atoms with E-state index in [1.165, 1.54) is 12.1 Å². The number of carbonyl (C=O) groups is 1. The number of nitrogens with zero attached hydrogens (tertiary/aromatic N) is 2. The smallest absolute Gasteiger partial charge is 0.335 e. The largest absolute Gasteiger partial charge is 0.478 e. The van der Waals surface area contributed by atoms with Crippen molar-refractivity contribution in [1.82, 2.24) is 4.57 Å². The molecule has 2 aliphatic rings. The van der Waals surface area contributed by atoms with Crippen LogP contribution in [0.15, 0.2) is 65.7 Å². The Hall–Kier alpha value is -4.21. The highest BCUT2D eigenvalue weighted by molar-refractivity contribution is 5.97. The Morgan fingerprint density at radius 1 is 1.03 bits per heavy atom. The van der Waals surface area contributed by atoms with Crippen LogP contribution in [0, 0.1) is 17.7 Å². The van der Waals surface area contributed by atoms with Crippen molar-refractivity contribution in [2.24, 2.45) is 4.99 Å². The number of aromatic carboxylic acids is 1. The first-order valence-electron chi connectivity index (χ1n) is 12.0. The van der Waals surface area contributed by atoms with E-state index >= 15 is 0 Å². The van der Waals surface area contributed by atoms with E-state index < -0.39 is 5.97 Å². The summed E-state index contributed by atoms with van der Waals surface area (Å²) in [5, 5.41) is 10.2. The van der Waals surface area contributed by atoms with Crippen LogP contribution in [-0.4, -0.2) is 35.1 Å². The van der Waals surface area contributed by atoms with Crippen LogP contribution in [0.1, 0.15) is 57.1 Å². The number of carboxylic acid groups (broad SMARTS) is 1. The second-order valence-corrected chi connectivity index (χ2v) is 9.13. The summed E-state index contributed by atoms with van der Waals surface area (Å²) in [4.78, 5) is 15.7. The third-order valence-corrected chi connectivity index (χ3v) is 6.91. The number of aromatic nitrogens is 1. The van der Waals surface area contributed by atoms with Crippen molar-refractivity contribution in [3.63, 3.8) is 0 Å². The highest BCUT2D eigenvalue weighted by Crippen LogP contribution is 2.39. The lowest BCUT2D eigenvalue weighted by Crippen LogP contribution is -2.17. The van der Waals surface area contributed by atoms with Crippen molar-refractivity contribution in [1.29, 1.82) is 0 Å². The maximum absolute atomic E-state index is 13.8. The molecule has 0 unspecified atom stereocenters. The molecule has 5 nitrogen and oxygen atoms in total. The summed E-state index contributed by atoms with van der Waals surface area (Å²) in [7, 11) is 0. The highest BCUT2D eigenvalue weighted by Gasteiger charge is 2.27. The van der Waals surface area contributed by atoms with E-state index in [9.17, 15) is 14.3 Å². The highest BCUT2D eigenvalue weighted by atomic mass is 19.1. The molecule has 2 aliphatic heterocycles. The molecule has 36 heavy (non-hydrogen) atoms. The number of fused-ring (bicyclic) bond motifs is 2. The number of carboxylic acids is 1. The third kappa shape index (κ3) is 3.98. The van der Waals surface area contributed by atoms with Crippen LogP contribution in [0.3, 0.4) is 0 Å². The van der Waals surface area contributed by atoms with Gasteiger partial charge in [0.1, 0.15) is 5.82 Å². The monoisotopic (exact) mass is 478 g/mol. The van der Waals surface area contributed by atoms with Crippen molar-refractivity contribution in [2.45, 2.75) is 25.3 Å². The molecule has 3 aromatic carbocycles. The standard InChI is InChI=1S/C30H23FN2O3/c31-24-6-8-25(9-7-24)33-28-16-23-18-32-17-22(23)15-27(28)26(29(33)20-11-13-36-14-12-20)10-3-19-1-4-21(5-2-19)30(34)35/h1-2,4-9,15-16,18,20H,11-14,17H2,(H,34,35). The van der Waals surface area contributed by atoms with Crippen LogP contribution in [0.4, 0.5) is 4.39 Å². The zero-order valence-corrected chi connectivity index (χ0v) is 19.5. The molecule has 1 saturated heterocycles. The van der Waals surface area contributed by atoms with E-state index in [1.807, 2.05) is 6.21 Å². The van der Waals surface area contributed by atoms with Gasteiger partial charge in [-0.25, -0.2) is 9.18 Å². The lowest BCUT2D eigenvalue weighted by Gasteiger charge is -2.25. The number of hydrogen-bond donors (Lipinski definition) is 1. The molecule has 4 aromatic rings. The SMILES string of the molecule is O=C(O)c1ccc(C#Cc2c(C3CCOCC3)n(-c3ccc(F)cc3)c3cc4c(cc23)CN=C4)cc1. The van der Waals surface area contributed by atoms with Gasteiger partial charge in [-0.15, -0.1) is 0 Å². The molecule has 0 bridgehead atoms. The van der Waals surface area contributed by atoms with Crippen molar-refractivity contribution in [3.8, 4) is 17.5 Å². The van der Waals surface area contributed by atoms with Gasteiger partial charge in [-0.05, 0) is 84.6 Å². The molecule has 1 N–H and O–H groups in total. The molecule has 0 saturated carbocycles. The third-order valence-electron chi connectivity index (χ3n) is 6.91. The summed E-state index contributed by atoms with van der Waals surface area (Å²) >= 11 is 0. The number of halogens is 1. The van der Waals surface area contributed by atoms with E-state index in [0.717, 1.165) is 57.4 Å². The number of hydrogen-bond acceptors (Lipinski definition) is 3. The predicted octanol–water partition coefficient (Wildman–Crippen LogP) is 5.69. The van der Waals surface area contributed by atoms with Gasteiger partial charge in [0.05, 0.1) is 23.2 Å². The number of benzene rings is 3. The fourth-order valence-corrected chi connectivity index (χ4v) is 5.10. The summed E-state index contributed by atoms with van der Waals surface area (Å²) in [6.45, 7) is 2.01. The van der Waals surface area contributed by atoms with E-state index in [4.69, 9.17) is 4.74 Å². The van der Waals surface area contributed by atoms with Crippen molar-refractivity contribution in [2.75, 3.05) is 13.2 Å². The van der Waals surface area contributed by atoms with Gasteiger partial charge in [0.25, 0.3) is 0 Å². The Balaban J connectivity index is 1.60. The molecule has 1 fully saturated rings. The molecule has 0 amide bonds. The van der Waals surface area contributed by atoms with E-state index in [-0.39, 0.29) is 17.3 Å². The van der Waals surface area contributed by atoms with Gasteiger partial charge >= 0.3 is 5.97 Å². The van der Waals surface area contributed by atoms with E-state index in [1.54, 1.807) is 36.4 Å². The summed E-state index contributed by atoms with van der Waals surface area (Å²) < 4.78 is 21.7. The zero-order chi connectivity index (χ0) is 24.6. The average Bonchev–Trinajstić information content (AvgIpc) is 3.49. The number of rotatable bonds is 3. The minimum Gasteiger partial charge on any atom is -0.478 e. The fraction of sp³-hybridized carbons (Fsp3) is 0.200. The molecule has 178 valence electrons. The van der Waals surface area contributed by atoms with Crippen molar-refractivity contribution in [3.05, 3.63) is 100.0 Å². The fourth-order valence-electron chi connectivity index (χ4n) is 5.10. The molecular formula is C30H23FN2O3. The lowest BCUT2D eigenvalue weighted by molar-refractivity contribution is 0.0697. The van der Waals surface area contributed by atoms with E-state index in [0.29, 0.717) is 19.8 Å². The van der Waals surface area contributed by atoms with Gasteiger partial charge in [-0.2, -0.15) is 0 Å².